The van der Waals surface area contributed by atoms with Crippen LogP contribution in [0.15, 0.2) is 82.8 Å². The molecule has 0 saturated carbocycles. The van der Waals surface area contributed by atoms with Crippen LogP contribution in [-0.2, 0) is 14.8 Å². The average Bonchev–Trinajstić information content (AvgIpc) is 2.88. The number of hydrazone groups is 1. The Morgan fingerprint density at radius 3 is 2.50 bits per heavy atom. The van der Waals surface area contributed by atoms with Crippen molar-refractivity contribution in [3.8, 4) is 5.75 Å². The molecule has 0 aromatic heterocycles. The molecule has 0 fully saturated rings. The lowest BCUT2D eigenvalue weighted by Crippen LogP contribution is -2.39. The van der Waals surface area contributed by atoms with E-state index in [4.69, 9.17) is 16.3 Å². The van der Waals surface area contributed by atoms with Crippen molar-refractivity contribution in [2.24, 2.45) is 5.10 Å². The van der Waals surface area contributed by atoms with E-state index in [2.05, 4.69) is 17.5 Å². The van der Waals surface area contributed by atoms with Crippen LogP contribution in [-0.4, -0.2) is 33.7 Å². The second kappa shape index (κ2) is 13.1. The zero-order valence-corrected chi connectivity index (χ0v) is 21.9. The number of hydrogen-bond acceptors (Lipinski definition) is 5. The smallest absolute Gasteiger partial charge is 0.264 e. The number of sulfonamides is 1. The third kappa shape index (κ3) is 7.32. The summed E-state index contributed by atoms with van der Waals surface area (Å²) < 4.78 is 33.6. The molecule has 0 aliphatic heterocycles. The van der Waals surface area contributed by atoms with Crippen molar-refractivity contribution in [2.45, 2.75) is 38.0 Å². The molecule has 36 heavy (non-hydrogen) atoms. The lowest BCUT2D eigenvalue weighted by atomic mass is 10.2. The number of anilines is 1. The highest BCUT2D eigenvalue weighted by Crippen LogP contribution is 2.28. The molecule has 0 spiro atoms. The number of hydrogen-bond donors (Lipinski definition) is 1. The van der Waals surface area contributed by atoms with Crippen LogP contribution < -0.4 is 14.5 Å². The quantitative estimate of drug-likeness (QED) is 0.190. The van der Waals surface area contributed by atoms with Gasteiger partial charge in [-0.05, 0) is 55.3 Å². The molecule has 0 aliphatic carbocycles. The Labute approximate surface area is 217 Å². The van der Waals surface area contributed by atoms with Gasteiger partial charge in [-0.25, -0.2) is 13.8 Å². The van der Waals surface area contributed by atoms with Gasteiger partial charge in [0, 0.05) is 10.6 Å². The average molecular weight is 528 g/mol. The van der Waals surface area contributed by atoms with Gasteiger partial charge >= 0.3 is 0 Å². The Bertz CT molecular complexity index is 1300. The van der Waals surface area contributed by atoms with E-state index in [0.29, 0.717) is 22.9 Å². The number of nitrogens with zero attached hydrogens (tertiary/aromatic N) is 2. The third-order valence-electron chi connectivity index (χ3n) is 5.38. The van der Waals surface area contributed by atoms with Gasteiger partial charge in [-0.2, -0.15) is 5.10 Å². The number of unbranched alkanes of at least 4 members (excludes halogenated alkanes) is 2. The molecular formula is C27H30ClN3O4S. The molecule has 3 rings (SSSR count). The molecule has 190 valence electrons. The number of halogens is 1. The first-order chi connectivity index (χ1) is 17.3. The minimum atomic E-state index is -4.04. The van der Waals surface area contributed by atoms with Crippen LogP contribution in [0.4, 0.5) is 5.69 Å². The van der Waals surface area contributed by atoms with Gasteiger partial charge in [0.05, 0.1) is 23.4 Å². The number of aryl methyl sites for hydroxylation is 1. The Morgan fingerprint density at radius 2 is 1.78 bits per heavy atom. The van der Waals surface area contributed by atoms with Gasteiger partial charge in [0.2, 0.25) is 0 Å². The highest BCUT2D eigenvalue weighted by atomic mass is 35.5. The molecule has 0 radical (unpaired) electrons. The Kier molecular flexibility index (Phi) is 9.90. The van der Waals surface area contributed by atoms with E-state index in [-0.39, 0.29) is 10.6 Å². The molecule has 3 aromatic carbocycles. The maximum atomic E-state index is 13.4. The van der Waals surface area contributed by atoms with Gasteiger partial charge in [0.15, 0.2) is 0 Å². The van der Waals surface area contributed by atoms with Crippen LogP contribution in [0.2, 0.25) is 5.02 Å². The van der Waals surface area contributed by atoms with Crippen molar-refractivity contribution in [2.75, 3.05) is 17.5 Å². The molecule has 9 heteroatoms. The lowest BCUT2D eigenvalue weighted by Gasteiger charge is -2.24. The molecule has 3 aromatic rings. The van der Waals surface area contributed by atoms with E-state index in [1.54, 1.807) is 30.3 Å². The number of benzene rings is 3. The second-order valence-corrected chi connectivity index (χ2v) is 10.4. The number of carbonyl (C=O) groups excluding carboxylic acids is 1. The number of ether oxygens (including phenoxy) is 1. The summed E-state index contributed by atoms with van der Waals surface area (Å²) in [4.78, 5) is 12.8. The summed E-state index contributed by atoms with van der Waals surface area (Å²) in [6.07, 6.45) is 4.62. The van der Waals surface area contributed by atoms with Crippen LogP contribution in [0.5, 0.6) is 5.75 Å². The summed E-state index contributed by atoms with van der Waals surface area (Å²) in [5.74, 6) is 0.0537. The van der Waals surface area contributed by atoms with Crippen molar-refractivity contribution in [1.29, 1.82) is 0 Å². The predicted octanol–water partition coefficient (Wildman–Crippen LogP) is 5.56. The van der Waals surface area contributed by atoms with E-state index in [1.807, 2.05) is 31.2 Å². The molecule has 0 saturated heterocycles. The molecule has 7 nitrogen and oxygen atoms in total. The normalized spacial score (nSPS) is 11.4. The number of carbonyl (C=O) groups is 1. The highest BCUT2D eigenvalue weighted by molar-refractivity contribution is 7.92. The van der Waals surface area contributed by atoms with Crippen molar-refractivity contribution < 1.29 is 17.9 Å². The van der Waals surface area contributed by atoms with Crippen LogP contribution in [0.1, 0.15) is 37.3 Å². The topological polar surface area (TPSA) is 88.1 Å². The Balaban J connectivity index is 1.77. The molecule has 0 aliphatic rings. The fraction of sp³-hybridized carbons (Fsp3) is 0.259. The van der Waals surface area contributed by atoms with E-state index in [0.717, 1.165) is 29.1 Å². The molecule has 0 unspecified atom stereocenters. The van der Waals surface area contributed by atoms with Gasteiger partial charge in [-0.1, -0.05) is 67.8 Å². The van der Waals surface area contributed by atoms with Gasteiger partial charge in [0.25, 0.3) is 15.9 Å². The largest absolute Gasteiger partial charge is 0.493 e. The summed E-state index contributed by atoms with van der Waals surface area (Å²) in [6, 6.07) is 20.1. The first-order valence-corrected chi connectivity index (χ1v) is 13.5. The van der Waals surface area contributed by atoms with Crippen molar-refractivity contribution >= 4 is 39.4 Å². The SMILES string of the molecule is CCCCCOc1ccccc1/C=N/NC(=O)CN(c1ccc(C)c(Cl)c1)S(=O)(=O)c1ccccc1. The minimum Gasteiger partial charge on any atom is -0.493 e. The number of para-hydroxylation sites is 1. The minimum absolute atomic E-state index is 0.0622. The van der Waals surface area contributed by atoms with E-state index in [9.17, 15) is 13.2 Å². The van der Waals surface area contributed by atoms with Gasteiger partial charge in [0.1, 0.15) is 12.3 Å². The number of nitrogens with one attached hydrogen (secondary N) is 1. The highest BCUT2D eigenvalue weighted by Gasteiger charge is 2.27. The first-order valence-electron chi connectivity index (χ1n) is 11.7. The molecular weight excluding hydrogens is 498 g/mol. The standard InChI is InChI=1S/C27H30ClN3O4S/c1-3-4-10-17-35-26-14-9-8-11-22(26)19-29-30-27(32)20-31(23-16-15-21(2)25(28)18-23)36(33,34)24-12-6-5-7-13-24/h5-9,11-16,18-19H,3-4,10,17,20H2,1-2H3,(H,30,32)/b29-19+. The number of rotatable bonds is 12. The molecule has 0 bridgehead atoms. The van der Waals surface area contributed by atoms with E-state index < -0.39 is 22.5 Å². The molecule has 1 amide bonds. The molecule has 1 N–H and O–H groups in total. The number of amides is 1. The molecule has 0 atom stereocenters. The van der Waals surface area contributed by atoms with E-state index >= 15 is 0 Å². The summed E-state index contributed by atoms with van der Waals surface area (Å²) in [7, 11) is -4.04. The second-order valence-electron chi connectivity index (χ2n) is 8.14. The third-order valence-corrected chi connectivity index (χ3v) is 7.57. The summed E-state index contributed by atoms with van der Waals surface area (Å²) in [5.41, 5.74) is 4.19. The Hall–Kier alpha value is -3.36. The summed E-state index contributed by atoms with van der Waals surface area (Å²) in [6.45, 7) is 4.05. The van der Waals surface area contributed by atoms with Gasteiger partial charge in [-0.15, -0.1) is 0 Å². The van der Waals surface area contributed by atoms with Crippen LogP contribution in [0.3, 0.4) is 0 Å². The van der Waals surface area contributed by atoms with Crippen molar-refractivity contribution in [3.63, 3.8) is 0 Å². The monoisotopic (exact) mass is 527 g/mol. The predicted molar refractivity (Wildman–Crippen MR) is 144 cm³/mol. The van der Waals surface area contributed by atoms with Crippen LogP contribution in [0, 0.1) is 6.92 Å². The summed E-state index contributed by atoms with van der Waals surface area (Å²) in [5, 5.41) is 4.43. The fourth-order valence-corrected chi connectivity index (χ4v) is 4.97. The Morgan fingerprint density at radius 1 is 1.06 bits per heavy atom. The van der Waals surface area contributed by atoms with Crippen LogP contribution in [0.25, 0.3) is 0 Å². The molecule has 0 heterocycles. The zero-order valence-electron chi connectivity index (χ0n) is 20.4. The zero-order chi connectivity index (χ0) is 26.0. The maximum Gasteiger partial charge on any atom is 0.264 e. The summed E-state index contributed by atoms with van der Waals surface area (Å²) >= 11 is 6.25. The van der Waals surface area contributed by atoms with E-state index in [1.165, 1.54) is 24.4 Å². The first kappa shape index (κ1) is 27.2. The lowest BCUT2D eigenvalue weighted by molar-refractivity contribution is -0.119. The van der Waals surface area contributed by atoms with Crippen molar-refractivity contribution in [3.05, 3.63) is 88.9 Å². The van der Waals surface area contributed by atoms with Crippen LogP contribution >= 0.6 is 11.6 Å². The van der Waals surface area contributed by atoms with Gasteiger partial charge < -0.3 is 4.74 Å². The maximum absolute atomic E-state index is 13.4. The van der Waals surface area contributed by atoms with Gasteiger partial charge in [-0.3, -0.25) is 9.10 Å². The fourth-order valence-electron chi connectivity index (χ4n) is 3.36. The van der Waals surface area contributed by atoms with Crippen molar-refractivity contribution in [1.82, 2.24) is 5.43 Å².